The van der Waals surface area contributed by atoms with E-state index in [2.05, 4.69) is 0 Å². The second-order valence-electron chi connectivity index (χ2n) is 6.51. The number of hydrogen-bond donors (Lipinski definition) is 2. The van der Waals surface area contributed by atoms with E-state index in [0.717, 1.165) is 49.7 Å². The minimum Gasteiger partial charge on any atom is -0.504 e. The average molecular weight is 358 g/mol. The highest BCUT2D eigenvalue weighted by molar-refractivity contribution is 5.42. The van der Waals surface area contributed by atoms with E-state index in [1.54, 1.807) is 12.1 Å². The Hall–Kier alpha value is -2.36. The van der Waals surface area contributed by atoms with Gasteiger partial charge in [0.1, 0.15) is 0 Å². The summed E-state index contributed by atoms with van der Waals surface area (Å²) in [6.07, 6.45) is 5.69. The summed E-state index contributed by atoms with van der Waals surface area (Å²) in [6.45, 7) is 5.30. The normalized spacial score (nSPS) is 10.7. The van der Waals surface area contributed by atoms with Crippen LogP contribution < -0.4 is 9.47 Å². The molecule has 0 aromatic heterocycles. The first-order valence-corrected chi connectivity index (χ1v) is 9.53. The molecule has 0 aliphatic rings. The minimum atomic E-state index is 0.212. The minimum absolute atomic E-state index is 0.212. The van der Waals surface area contributed by atoms with Crippen molar-refractivity contribution in [2.75, 3.05) is 13.2 Å². The van der Waals surface area contributed by atoms with Crippen LogP contribution in [0.1, 0.15) is 50.7 Å². The van der Waals surface area contributed by atoms with Gasteiger partial charge in [-0.05, 0) is 73.9 Å². The van der Waals surface area contributed by atoms with Crippen molar-refractivity contribution in [2.24, 2.45) is 0 Å². The van der Waals surface area contributed by atoms with Crippen LogP contribution in [-0.2, 0) is 12.8 Å². The summed E-state index contributed by atoms with van der Waals surface area (Å²) in [5.74, 6) is 1.53. The fourth-order valence-electron chi connectivity index (χ4n) is 2.76. The highest BCUT2D eigenvalue weighted by Gasteiger charge is 2.06. The zero-order valence-corrected chi connectivity index (χ0v) is 15.8. The Kier molecular flexibility index (Phi) is 8.13. The maximum Gasteiger partial charge on any atom is 0.160 e. The van der Waals surface area contributed by atoms with Crippen LogP contribution in [0.3, 0.4) is 0 Å². The van der Waals surface area contributed by atoms with Crippen LogP contribution in [0.4, 0.5) is 0 Å². The van der Waals surface area contributed by atoms with Crippen LogP contribution in [-0.4, -0.2) is 23.4 Å². The molecule has 26 heavy (non-hydrogen) atoms. The van der Waals surface area contributed by atoms with Crippen molar-refractivity contribution in [3.63, 3.8) is 0 Å². The molecule has 2 N–H and O–H groups in total. The van der Waals surface area contributed by atoms with Gasteiger partial charge in [0.25, 0.3) is 0 Å². The Labute approximate surface area is 156 Å². The van der Waals surface area contributed by atoms with E-state index in [0.29, 0.717) is 24.7 Å². The zero-order chi connectivity index (χ0) is 18.8. The summed E-state index contributed by atoms with van der Waals surface area (Å²) < 4.78 is 11.0. The number of rotatable bonds is 11. The number of benzene rings is 2. The number of unbranched alkanes of at least 4 members (excludes halogenated alkanes) is 1. The summed E-state index contributed by atoms with van der Waals surface area (Å²) in [4.78, 5) is 0. The molecule has 0 amide bonds. The number of aryl methyl sites for hydroxylation is 2. The van der Waals surface area contributed by atoms with Gasteiger partial charge in [-0.2, -0.15) is 0 Å². The Morgan fingerprint density at radius 3 is 1.46 bits per heavy atom. The summed E-state index contributed by atoms with van der Waals surface area (Å²) in [5.41, 5.74) is 2.22. The third kappa shape index (κ3) is 6.17. The predicted octanol–water partition coefficient (Wildman–Crippen LogP) is 5.24. The largest absolute Gasteiger partial charge is 0.504 e. The maximum atomic E-state index is 10.0. The van der Waals surface area contributed by atoms with Gasteiger partial charge in [0, 0.05) is 0 Å². The van der Waals surface area contributed by atoms with Crippen LogP contribution in [0, 0.1) is 0 Å². The molecule has 0 spiro atoms. The number of hydrogen-bond acceptors (Lipinski definition) is 4. The van der Waals surface area contributed by atoms with E-state index >= 15 is 0 Å². The number of aromatic hydroxyl groups is 2. The van der Waals surface area contributed by atoms with Crippen LogP contribution in [0.2, 0.25) is 0 Å². The lowest BCUT2D eigenvalue weighted by atomic mass is 10.0. The van der Waals surface area contributed by atoms with Gasteiger partial charge in [-0.25, -0.2) is 0 Å². The van der Waals surface area contributed by atoms with Gasteiger partial charge in [-0.3, -0.25) is 0 Å². The number of phenolic OH excluding ortho intramolecular Hbond substituents is 2. The molecule has 0 unspecified atom stereocenters. The van der Waals surface area contributed by atoms with Gasteiger partial charge in [-0.15, -0.1) is 0 Å². The fraction of sp³-hybridized carbons (Fsp3) is 0.455. The van der Waals surface area contributed by atoms with Crippen molar-refractivity contribution < 1.29 is 19.7 Å². The molecular weight excluding hydrogens is 328 g/mol. The Balaban J connectivity index is 1.78. The SMILES string of the molecule is CCCOc1ccc(CCCCc2ccc(OCCC)c(O)c2)cc1O. The molecule has 4 heteroatoms. The topological polar surface area (TPSA) is 58.9 Å². The molecule has 0 bridgehead atoms. The fourth-order valence-corrected chi connectivity index (χ4v) is 2.76. The third-order valence-corrected chi connectivity index (χ3v) is 4.15. The van der Waals surface area contributed by atoms with E-state index in [4.69, 9.17) is 9.47 Å². The van der Waals surface area contributed by atoms with E-state index in [1.807, 2.05) is 38.1 Å². The lowest BCUT2D eigenvalue weighted by Crippen LogP contribution is -1.96. The van der Waals surface area contributed by atoms with Crippen molar-refractivity contribution in [3.8, 4) is 23.0 Å². The molecule has 142 valence electrons. The Morgan fingerprint density at radius 2 is 1.12 bits per heavy atom. The van der Waals surface area contributed by atoms with Gasteiger partial charge >= 0.3 is 0 Å². The van der Waals surface area contributed by atoms with Crippen LogP contribution in [0.15, 0.2) is 36.4 Å². The van der Waals surface area contributed by atoms with Crippen LogP contribution >= 0.6 is 0 Å². The van der Waals surface area contributed by atoms with Gasteiger partial charge in [0.05, 0.1) is 13.2 Å². The lowest BCUT2D eigenvalue weighted by molar-refractivity contribution is 0.299. The molecule has 0 saturated carbocycles. The number of phenols is 2. The quantitative estimate of drug-likeness (QED) is 0.539. The molecule has 0 radical (unpaired) electrons. The van der Waals surface area contributed by atoms with E-state index < -0.39 is 0 Å². The maximum absolute atomic E-state index is 10.0. The summed E-state index contributed by atoms with van der Waals surface area (Å²) >= 11 is 0. The van der Waals surface area contributed by atoms with Gasteiger partial charge in [-0.1, -0.05) is 26.0 Å². The molecule has 0 fully saturated rings. The summed E-state index contributed by atoms with van der Waals surface area (Å²) in [7, 11) is 0. The second-order valence-corrected chi connectivity index (χ2v) is 6.51. The monoisotopic (exact) mass is 358 g/mol. The smallest absolute Gasteiger partial charge is 0.160 e. The van der Waals surface area contributed by atoms with E-state index in [1.165, 1.54) is 0 Å². The predicted molar refractivity (Wildman–Crippen MR) is 104 cm³/mol. The van der Waals surface area contributed by atoms with Crippen molar-refractivity contribution in [2.45, 2.75) is 52.4 Å². The van der Waals surface area contributed by atoms with Crippen molar-refractivity contribution in [1.82, 2.24) is 0 Å². The first-order valence-electron chi connectivity index (χ1n) is 9.53. The molecule has 2 rings (SSSR count). The molecule has 0 atom stereocenters. The standard InChI is InChI=1S/C22H30O4/c1-3-13-25-21-11-9-17(15-19(21)23)7-5-6-8-18-10-12-22(20(24)16-18)26-14-4-2/h9-12,15-16,23-24H,3-8,13-14H2,1-2H3. The van der Waals surface area contributed by atoms with E-state index in [9.17, 15) is 10.2 Å². The molecule has 0 aliphatic heterocycles. The average Bonchev–Trinajstić information content (AvgIpc) is 2.64. The third-order valence-electron chi connectivity index (χ3n) is 4.15. The van der Waals surface area contributed by atoms with Crippen molar-refractivity contribution >= 4 is 0 Å². The highest BCUT2D eigenvalue weighted by atomic mass is 16.5. The number of ether oxygens (including phenoxy) is 2. The second kappa shape index (κ2) is 10.6. The molecule has 0 saturated heterocycles. The van der Waals surface area contributed by atoms with Crippen LogP contribution in [0.25, 0.3) is 0 Å². The van der Waals surface area contributed by atoms with Crippen molar-refractivity contribution in [1.29, 1.82) is 0 Å². The van der Waals surface area contributed by atoms with E-state index in [-0.39, 0.29) is 11.5 Å². The molecule has 4 nitrogen and oxygen atoms in total. The van der Waals surface area contributed by atoms with Crippen molar-refractivity contribution in [3.05, 3.63) is 47.5 Å². The first-order chi connectivity index (χ1) is 12.6. The lowest BCUT2D eigenvalue weighted by Gasteiger charge is -2.10. The molecular formula is C22H30O4. The molecule has 2 aromatic rings. The summed E-state index contributed by atoms with van der Waals surface area (Å²) in [6, 6.07) is 11.3. The van der Waals surface area contributed by atoms with Gasteiger partial charge < -0.3 is 19.7 Å². The van der Waals surface area contributed by atoms with Gasteiger partial charge in [0.15, 0.2) is 23.0 Å². The highest BCUT2D eigenvalue weighted by Crippen LogP contribution is 2.29. The first kappa shape index (κ1) is 20.0. The molecule has 0 aliphatic carbocycles. The molecule has 2 aromatic carbocycles. The zero-order valence-electron chi connectivity index (χ0n) is 15.8. The van der Waals surface area contributed by atoms with Gasteiger partial charge in [0.2, 0.25) is 0 Å². The molecule has 0 heterocycles. The van der Waals surface area contributed by atoms with Crippen LogP contribution in [0.5, 0.6) is 23.0 Å². The Bertz CT molecular complexity index is 622. The Morgan fingerprint density at radius 1 is 0.692 bits per heavy atom. The summed E-state index contributed by atoms with van der Waals surface area (Å²) in [5, 5.41) is 20.0.